The minimum absolute atomic E-state index is 0.0957. The lowest BCUT2D eigenvalue weighted by Crippen LogP contribution is -2.26. The lowest BCUT2D eigenvalue weighted by Gasteiger charge is -2.23. The van der Waals surface area contributed by atoms with E-state index >= 15 is 0 Å². The Morgan fingerprint density at radius 2 is 1.76 bits per heavy atom. The number of hydrogen-bond donors (Lipinski definition) is 1. The van der Waals surface area contributed by atoms with Crippen molar-refractivity contribution in [2.24, 2.45) is 0 Å². The van der Waals surface area contributed by atoms with Gasteiger partial charge in [0, 0.05) is 0 Å². The number of aromatic hydroxyl groups is 1. The Morgan fingerprint density at radius 3 is 2.44 bits per heavy atom. The summed E-state index contributed by atoms with van der Waals surface area (Å²) in [6.07, 6.45) is 5.19. The Kier molecular flexibility index (Phi) is 8.18. The van der Waals surface area contributed by atoms with Crippen molar-refractivity contribution < 1.29 is 28.8 Å². The molecule has 140 valence electrons. The van der Waals surface area contributed by atoms with E-state index in [1.165, 1.54) is 43.5 Å². The number of carbonyl (C=O) groups excluding carboxylic acids is 1. The number of carbonyl (C=O) groups is 1. The summed E-state index contributed by atoms with van der Waals surface area (Å²) in [7, 11) is 0. The molecule has 1 aromatic carbocycles. The molecule has 0 aliphatic heterocycles. The molecule has 6 nitrogen and oxygen atoms in total. The molecule has 25 heavy (non-hydrogen) atoms. The quantitative estimate of drug-likeness (QED) is 0.416. The van der Waals surface area contributed by atoms with E-state index in [-0.39, 0.29) is 5.75 Å². The molecular weight excluding hydrogens is 324 g/mol. The second-order valence-corrected chi connectivity index (χ2v) is 6.23. The molecule has 0 aromatic heterocycles. The van der Waals surface area contributed by atoms with Gasteiger partial charge in [-0.1, -0.05) is 19.3 Å². The van der Waals surface area contributed by atoms with Gasteiger partial charge in [0.15, 0.2) is 6.29 Å². The van der Waals surface area contributed by atoms with Crippen molar-refractivity contribution in [3.8, 4) is 5.75 Å². The molecule has 6 heteroatoms. The van der Waals surface area contributed by atoms with Crippen molar-refractivity contribution in [3.05, 3.63) is 29.8 Å². The summed E-state index contributed by atoms with van der Waals surface area (Å²) in [5, 5.41) is 9.22. The summed E-state index contributed by atoms with van der Waals surface area (Å²) in [6.45, 7) is 4.37. The predicted molar refractivity (Wildman–Crippen MR) is 92.3 cm³/mol. The van der Waals surface area contributed by atoms with Crippen molar-refractivity contribution >= 4 is 5.97 Å². The molecule has 2 rings (SSSR count). The fourth-order valence-electron chi connectivity index (χ4n) is 2.81. The molecule has 0 saturated heterocycles. The lowest BCUT2D eigenvalue weighted by atomic mass is 9.98. The van der Waals surface area contributed by atoms with Gasteiger partial charge in [0.25, 0.3) is 0 Å². The topological polar surface area (TPSA) is 74.2 Å². The van der Waals surface area contributed by atoms with E-state index in [9.17, 15) is 9.90 Å². The van der Waals surface area contributed by atoms with Crippen molar-refractivity contribution in [1.29, 1.82) is 0 Å². The second-order valence-electron chi connectivity index (χ2n) is 6.23. The second kappa shape index (κ2) is 10.4. The molecule has 0 heterocycles. The smallest absolute Gasteiger partial charge is 0.340 e. The summed E-state index contributed by atoms with van der Waals surface area (Å²) in [4.78, 5) is 11.9. The molecule has 1 aliphatic carbocycles. The first kappa shape index (κ1) is 19.7. The van der Waals surface area contributed by atoms with Crippen molar-refractivity contribution in [2.75, 3.05) is 13.2 Å². The zero-order chi connectivity index (χ0) is 18.1. The normalized spacial score (nSPS) is 17.8. The predicted octanol–water partition coefficient (Wildman–Crippen LogP) is 3.62. The van der Waals surface area contributed by atoms with Gasteiger partial charge < -0.3 is 24.1 Å². The SMILES string of the molecule is CC(OCCOC1CCCCC1)OC(C)OC(=O)c1ccc(O)cc1. The number of esters is 1. The summed E-state index contributed by atoms with van der Waals surface area (Å²) in [5.41, 5.74) is 0.350. The van der Waals surface area contributed by atoms with Gasteiger partial charge in [-0.25, -0.2) is 4.79 Å². The largest absolute Gasteiger partial charge is 0.508 e. The van der Waals surface area contributed by atoms with Gasteiger partial charge in [-0.3, -0.25) is 0 Å². The Bertz CT molecular complexity index is 509. The summed E-state index contributed by atoms with van der Waals surface area (Å²) in [5.74, 6) is -0.418. The van der Waals surface area contributed by atoms with E-state index in [4.69, 9.17) is 18.9 Å². The van der Waals surface area contributed by atoms with E-state index in [1.807, 2.05) is 0 Å². The van der Waals surface area contributed by atoms with Crippen LogP contribution in [0.4, 0.5) is 0 Å². The maximum absolute atomic E-state index is 11.9. The van der Waals surface area contributed by atoms with Crippen molar-refractivity contribution in [1.82, 2.24) is 0 Å². The highest BCUT2D eigenvalue weighted by Crippen LogP contribution is 2.20. The van der Waals surface area contributed by atoms with Crippen LogP contribution in [0, 0.1) is 0 Å². The van der Waals surface area contributed by atoms with E-state index in [0.29, 0.717) is 24.9 Å². The number of ether oxygens (including phenoxy) is 4. The average molecular weight is 352 g/mol. The molecule has 1 aromatic rings. The van der Waals surface area contributed by atoms with E-state index in [0.717, 1.165) is 12.8 Å². The highest BCUT2D eigenvalue weighted by molar-refractivity contribution is 5.89. The van der Waals surface area contributed by atoms with Gasteiger partial charge in [0.2, 0.25) is 6.29 Å². The third kappa shape index (κ3) is 7.42. The molecule has 1 fully saturated rings. The van der Waals surface area contributed by atoms with Crippen LogP contribution < -0.4 is 0 Å². The van der Waals surface area contributed by atoms with Gasteiger partial charge in [-0.05, 0) is 51.0 Å². The molecule has 1 N–H and O–H groups in total. The standard InChI is InChI=1S/C19H28O6/c1-14(22-12-13-23-18-6-4-3-5-7-18)24-15(2)25-19(21)16-8-10-17(20)11-9-16/h8-11,14-15,18,20H,3-7,12-13H2,1-2H3. The molecule has 0 amide bonds. The van der Waals surface area contributed by atoms with Crippen LogP contribution in [-0.4, -0.2) is 43.0 Å². The Labute approximate surface area is 149 Å². The van der Waals surface area contributed by atoms with Gasteiger partial charge in [0.1, 0.15) is 5.75 Å². The Morgan fingerprint density at radius 1 is 1.08 bits per heavy atom. The lowest BCUT2D eigenvalue weighted by molar-refractivity contribution is -0.218. The van der Waals surface area contributed by atoms with Crippen LogP contribution in [0.5, 0.6) is 5.75 Å². The molecule has 1 saturated carbocycles. The molecule has 0 radical (unpaired) electrons. The van der Waals surface area contributed by atoms with Crippen molar-refractivity contribution in [2.45, 2.75) is 64.6 Å². The Balaban J connectivity index is 1.59. The number of benzene rings is 1. The molecule has 2 atom stereocenters. The highest BCUT2D eigenvalue weighted by Gasteiger charge is 2.16. The minimum atomic E-state index is -0.740. The van der Waals surface area contributed by atoms with Gasteiger partial charge >= 0.3 is 5.97 Å². The molecule has 0 bridgehead atoms. The number of phenolic OH excluding ortho intramolecular Hbond substituents is 1. The van der Waals surface area contributed by atoms with E-state index in [2.05, 4.69) is 0 Å². The van der Waals surface area contributed by atoms with E-state index in [1.54, 1.807) is 13.8 Å². The van der Waals surface area contributed by atoms with Crippen LogP contribution in [0.3, 0.4) is 0 Å². The van der Waals surface area contributed by atoms with Crippen LogP contribution in [0.15, 0.2) is 24.3 Å². The first-order valence-electron chi connectivity index (χ1n) is 8.93. The van der Waals surface area contributed by atoms with Crippen LogP contribution >= 0.6 is 0 Å². The van der Waals surface area contributed by atoms with Crippen LogP contribution in [0.1, 0.15) is 56.3 Å². The number of rotatable bonds is 9. The summed E-state index contributed by atoms with van der Waals surface area (Å²) < 4.78 is 22.0. The van der Waals surface area contributed by atoms with Crippen LogP contribution in [-0.2, 0) is 18.9 Å². The zero-order valence-electron chi connectivity index (χ0n) is 15.0. The fourth-order valence-corrected chi connectivity index (χ4v) is 2.81. The van der Waals surface area contributed by atoms with Crippen LogP contribution in [0.25, 0.3) is 0 Å². The van der Waals surface area contributed by atoms with Gasteiger partial charge in [-0.2, -0.15) is 0 Å². The average Bonchev–Trinajstić information content (AvgIpc) is 2.60. The number of hydrogen-bond acceptors (Lipinski definition) is 6. The van der Waals surface area contributed by atoms with Gasteiger partial charge in [-0.15, -0.1) is 0 Å². The van der Waals surface area contributed by atoms with Crippen molar-refractivity contribution in [3.63, 3.8) is 0 Å². The van der Waals surface area contributed by atoms with Gasteiger partial charge in [0.05, 0.1) is 24.9 Å². The zero-order valence-corrected chi connectivity index (χ0v) is 15.0. The monoisotopic (exact) mass is 352 g/mol. The molecule has 0 spiro atoms. The van der Waals surface area contributed by atoms with E-state index < -0.39 is 18.5 Å². The Hall–Kier alpha value is -1.63. The maximum atomic E-state index is 11.9. The summed E-state index contributed by atoms with van der Waals surface area (Å²) in [6, 6.07) is 5.85. The third-order valence-corrected chi connectivity index (χ3v) is 4.10. The first-order valence-corrected chi connectivity index (χ1v) is 8.93. The third-order valence-electron chi connectivity index (χ3n) is 4.10. The first-order chi connectivity index (χ1) is 12.0. The molecular formula is C19H28O6. The number of phenols is 1. The fraction of sp³-hybridized carbons (Fsp3) is 0.632. The molecule has 1 aliphatic rings. The molecule has 2 unspecified atom stereocenters. The minimum Gasteiger partial charge on any atom is -0.508 e. The van der Waals surface area contributed by atoms with Crippen LogP contribution in [0.2, 0.25) is 0 Å². The summed E-state index contributed by atoms with van der Waals surface area (Å²) >= 11 is 0. The maximum Gasteiger partial charge on any atom is 0.340 e. The highest BCUT2D eigenvalue weighted by atomic mass is 16.8.